The van der Waals surface area contributed by atoms with Gasteiger partial charge in [-0.3, -0.25) is 0 Å². The molecule has 0 aliphatic carbocycles. The summed E-state index contributed by atoms with van der Waals surface area (Å²) in [5.41, 5.74) is 3.18. The van der Waals surface area contributed by atoms with Crippen LogP contribution in [0, 0.1) is 0 Å². The first-order chi connectivity index (χ1) is 10.8. The molecule has 0 spiro atoms. The topological polar surface area (TPSA) is 35.5 Å². The molecule has 0 radical (unpaired) electrons. The Balaban J connectivity index is 1.57. The molecule has 0 amide bonds. The third-order valence-corrected chi connectivity index (χ3v) is 3.58. The number of hydrogen-bond acceptors (Lipinski definition) is 3. The zero-order valence-electron chi connectivity index (χ0n) is 12.3. The lowest BCUT2D eigenvalue weighted by Gasteiger charge is -2.23. The first kappa shape index (κ1) is 14.5. The number of esters is 1. The molecule has 112 valence electrons. The molecule has 0 fully saturated rings. The highest BCUT2D eigenvalue weighted by Gasteiger charge is 2.22. The highest BCUT2D eigenvalue weighted by molar-refractivity contribution is 5.93. The van der Waals surface area contributed by atoms with Crippen molar-refractivity contribution in [1.29, 1.82) is 0 Å². The van der Waals surface area contributed by atoms with Crippen LogP contribution in [0.3, 0.4) is 0 Å². The third-order valence-electron chi connectivity index (χ3n) is 3.58. The van der Waals surface area contributed by atoms with Crippen molar-refractivity contribution in [1.82, 2.24) is 0 Å². The highest BCUT2D eigenvalue weighted by Crippen LogP contribution is 2.25. The van der Waals surface area contributed by atoms with Crippen LogP contribution in [0.4, 0.5) is 0 Å². The summed E-state index contributed by atoms with van der Waals surface area (Å²) in [5, 5.41) is 0. The van der Waals surface area contributed by atoms with Gasteiger partial charge in [0.2, 0.25) is 0 Å². The van der Waals surface area contributed by atoms with Crippen molar-refractivity contribution in [3.63, 3.8) is 0 Å². The zero-order chi connectivity index (χ0) is 15.2. The third kappa shape index (κ3) is 3.83. The number of hydrogen-bond donors (Lipinski definition) is 0. The largest absolute Gasteiger partial charge is 0.456 e. The molecule has 2 aromatic carbocycles. The maximum absolute atomic E-state index is 11.7. The van der Waals surface area contributed by atoms with E-state index in [2.05, 4.69) is 0 Å². The predicted molar refractivity (Wildman–Crippen MR) is 85.0 cm³/mol. The molecule has 0 aromatic heterocycles. The predicted octanol–water partition coefficient (Wildman–Crippen LogP) is 3.60. The van der Waals surface area contributed by atoms with Gasteiger partial charge in [0.05, 0.1) is 13.2 Å². The number of cyclic esters (lactones) is 1. The molecular weight excluding hydrogens is 276 g/mol. The van der Waals surface area contributed by atoms with Gasteiger partial charge in [-0.15, -0.1) is 0 Å². The number of carbonyl (C=O) groups is 1. The molecular formula is C19H18O3. The summed E-state index contributed by atoms with van der Waals surface area (Å²) in [5.74, 6) is -0.293. The standard InChI is InChI=1S/C19H18O3/c20-19-12-17(16-9-5-2-6-10-16)11-18(22-19)14-21-13-15-7-3-1-4-8-15/h1-10,12,18H,11,13-14H2/t18-/m1/s1. The van der Waals surface area contributed by atoms with Gasteiger partial charge in [-0.2, -0.15) is 0 Å². The summed E-state index contributed by atoms with van der Waals surface area (Å²) >= 11 is 0. The van der Waals surface area contributed by atoms with Crippen LogP contribution in [0.1, 0.15) is 17.5 Å². The Morgan fingerprint density at radius 3 is 2.41 bits per heavy atom. The monoisotopic (exact) mass is 294 g/mol. The van der Waals surface area contributed by atoms with Crippen LogP contribution in [0.5, 0.6) is 0 Å². The van der Waals surface area contributed by atoms with Gasteiger partial charge in [0.25, 0.3) is 0 Å². The molecule has 22 heavy (non-hydrogen) atoms. The maximum Gasteiger partial charge on any atom is 0.331 e. The molecule has 3 rings (SSSR count). The van der Waals surface area contributed by atoms with Gasteiger partial charge in [-0.1, -0.05) is 60.7 Å². The van der Waals surface area contributed by atoms with Gasteiger partial charge < -0.3 is 9.47 Å². The molecule has 0 saturated carbocycles. The molecule has 3 nitrogen and oxygen atoms in total. The molecule has 0 saturated heterocycles. The van der Waals surface area contributed by atoms with Gasteiger partial charge in [0.1, 0.15) is 6.10 Å². The SMILES string of the molecule is O=C1C=C(c2ccccc2)C[C@H](COCc2ccccc2)O1. The lowest BCUT2D eigenvalue weighted by molar-refractivity contribution is -0.147. The minimum atomic E-state index is -0.293. The van der Waals surface area contributed by atoms with Crippen LogP contribution in [0.25, 0.3) is 5.57 Å². The number of benzene rings is 2. The summed E-state index contributed by atoms with van der Waals surface area (Å²) in [7, 11) is 0. The molecule has 1 atom stereocenters. The smallest absolute Gasteiger partial charge is 0.331 e. The Kier molecular flexibility index (Phi) is 4.66. The van der Waals surface area contributed by atoms with E-state index in [1.165, 1.54) is 0 Å². The van der Waals surface area contributed by atoms with E-state index >= 15 is 0 Å². The molecule has 1 aliphatic rings. The van der Waals surface area contributed by atoms with E-state index in [-0.39, 0.29) is 12.1 Å². The molecule has 1 aliphatic heterocycles. The van der Waals surface area contributed by atoms with E-state index in [4.69, 9.17) is 9.47 Å². The van der Waals surface area contributed by atoms with Crippen molar-refractivity contribution in [3.8, 4) is 0 Å². The van der Waals surface area contributed by atoms with E-state index in [0.29, 0.717) is 19.6 Å². The minimum absolute atomic E-state index is 0.226. The van der Waals surface area contributed by atoms with Crippen LogP contribution < -0.4 is 0 Å². The van der Waals surface area contributed by atoms with Crippen LogP contribution >= 0.6 is 0 Å². The lowest BCUT2D eigenvalue weighted by atomic mass is 9.98. The fourth-order valence-corrected chi connectivity index (χ4v) is 2.52. The van der Waals surface area contributed by atoms with Crippen LogP contribution in [0.2, 0.25) is 0 Å². The summed E-state index contributed by atoms with van der Waals surface area (Å²) in [4.78, 5) is 11.7. The van der Waals surface area contributed by atoms with Crippen LogP contribution in [-0.2, 0) is 20.9 Å². The van der Waals surface area contributed by atoms with Crippen molar-refractivity contribution in [2.75, 3.05) is 6.61 Å². The van der Waals surface area contributed by atoms with E-state index < -0.39 is 0 Å². The second-order valence-corrected chi connectivity index (χ2v) is 5.30. The molecule has 0 N–H and O–H groups in total. The lowest BCUT2D eigenvalue weighted by Crippen LogP contribution is -2.26. The highest BCUT2D eigenvalue weighted by atomic mass is 16.6. The maximum atomic E-state index is 11.7. The first-order valence-corrected chi connectivity index (χ1v) is 7.39. The molecule has 3 heteroatoms. The minimum Gasteiger partial charge on any atom is -0.456 e. The first-order valence-electron chi connectivity index (χ1n) is 7.39. The second kappa shape index (κ2) is 7.05. The molecule has 0 unspecified atom stereocenters. The second-order valence-electron chi connectivity index (χ2n) is 5.30. The van der Waals surface area contributed by atoms with E-state index in [1.54, 1.807) is 6.08 Å². The van der Waals surface area contributed by atoms with Crippen molar-refractivity contribution >= 4 is 11.5 Å². The van der Waals surface area contributed by atoms with Gasteiger partial charge in [-0.25, -0.2) is 4.79 Å². The molecule has 2 aromatic rings. The van der Waals surface area contributed by atoms with Crippen LogP contribution in [0.15, 0.2) is 66.7 Å². The van der Waals surface area contributed by atoms with Crippen molar-refractivity contribution in [3.05, 3.63) is 77.9 Å². The number of rotatable bonds is 5. The Labute approximate surface area is 130 Å². The van der Waals surface area contributed by atoms with Crippen molar-refractivity contribution in [2.45, 2.75) is 19.1 Å². The fourth-order valence-electron chi connectivity index (χ4n) is 2.52. The zero-order valence-corrected chi connectivity index (χ0v) is 12.3. The van der Waals surface area contributed by atoms with E-state index in [1.807, 2.05) is 60.7 Å². The number of carbonyl (C=O) groups excluding carboxylic acids is 1. The molecule has 1 heterocycles. The van der Waals surface area contributed by atoms with Crippen LogP contribution in [-0.4, -0.2) is 18.7 Å². The van der Waals surface area contributed by atoms with Gasteiger partial charge in [0.15, 0.2) is 0 Å². The fraction of sp³-hybridized carbons (Fsp3) is 0.211. The van der Waals surface area contributed by atoms with E-state index in [0.717, 1.165) is 16.7 Å². The normalized spacial score (nSPS) is 17.7. The Morgan fingerprint density at radius 2 is 1.68 bits per heavy atom. The van der Waals surface area contributed by atoms with Crippen molar-refractivity contribution < 1.29 is 14.3 Å². The average molecular weight is 294 g/mol. The Bertz CT molecular complexity index is 647. The summed E-state index contributed by atoms with van der Waals surface area (Å²) < 4.78 is 11.0. The molecule has 0 bridgehead atoms. The van der Waals surface area contributed by atoms with Crippen molar-refractivity contribution in [2.24, 2.45) is 0 Å². The Morgan fingerprint density at radius 1 is 1.00 bits per heavy atom. The summed E-state index contributed by atoms with van der Waals surface area (Å²) in [6.07, 6.45) is 2.03. The van der Waals surface area contributed by atoms with Gasteiger partial charge in [-0.05, 0) is 16.7 Å². The van der Waals surface area contributed by atoms with Gasteiger partial charge >= 0.3 is 5.97 Å². The summed E-state index contributed by atoms with van der Waals surface area (Å²) in [6, 6.07) is 19.9. The Hall–Kier alpha value is -2.39. The van der Waals surface area contributed by atoms with Gasteiger partial charge in [0, 0.05) is 12.5 Å². The van der Waals surface area contributed by atoms with E-state index in [9.17, 15) is 4.79 Å². The average Bonchev–Trinajstić information content (AvgIpc) is 2.56. The quantitative estimate of drug-likeness (QED) is 0.790. The summed E-state index contributed by atoms with van der Waals surface area (Å²) in [6.45, 7) is 0.935. The number of ether oxygens (including phenoxy) is 2.